The van der Waals surface area contributed by atoms with Crippen molar-refractivity contribution in [2.75, 3.05) is 25.4 Å². The highest BCUT2D eigenvalue weighted by Crippen LogP contribution is 2.13. The van der Waals surface area contributed by atoms with Crippen LogP contribution in [0.25, 0.3) is 0 Å². The van der Waals surface area contributed by atoms with Crippen LogP contribution in [0, 0.1) is 0 Å². The summed E-state index contributed by atoms with van der Waals surface area (Å²) in [4.78, 5) is 12.9. The number of nitrogens with two attached hydrogens (primary N) is 2. The number of amides is 1. The topological polar surface area (TPSA) is 106 Å². The number of carbonyl (C=O) groups is 1. The molecule has 6 nitrogen and oxygen atoms in total. The molecule has 0 atom stereocenters. The third-order valence-corrected chi connectivity index (χ3v) is 4.91. The zero-order chi connectivity index (χ0) is 16.0. The Balaban J connectivity index is 2.84. The number of rotatable bonds is 8. The third kappa shape index (κ3) is 5.41. The maximum Gasteiger partial charge on any atom is 0.231 e. The van der Waals surface area contributed by atoms with E-state index in [9.17, 15) is 13.2 Å². The van der Waals surface area contributed by atoms with Crippen molar-refractivity contribution in [1.29, 1.82) is 0 Å². The SMILES string of the molecule is CCN(CCS(=O)(=O)c1cccc(C(N)=S)c1)CC(N)=O. The van der Waals surface area contributed by atoms with Crippen LogP contribution >= 0.6 is 12.2 Å². The van der Waals surface area contributed by atoms with Crippen molar-refractivity contribution in [2.45, 2.75) is 11.8 Å². The smallest absolute Gasteiger partial charge is 0.231 e. The lowest BCUT2D eigenvalue weighted by Gasteiger charge is -2.18. The van der Waals surface area contributed by atoms with E-state index in [1.807, 2.05) is 6.92 Å². The van der Waals surface area contributed by atoms with E-state index in [2.05, 4.69) is 0 Å². The van der Waals surface area contributed by atoms with Crippen molar-refractivity contribution >= 4 is 33.0 Å². The van der Waals surface area contributed by atoms with Crippen LogP contribution in [0.3, 0.4) is 0 Å². The van der Waals surface area contributed by atoms with E-state index in [0.29, 0.717) is 12.1 Å². The summed E-state index contributed by atoms with van der Waals surface area (Å²) in [6, 6.07) is 6.22. The van der Waals surface area contributed by atoms with Gasteiger partial charge in [-0.15, -0.1) is 0 Å². The fourth-order valence-corrected chi connectivity index (χ4v) is 3.23. The second-order valence-corrected chi connectivity index (χ2v) is 7.10. The Hall–Kier alpha value is -1.51. The fraction of sp³-hybridized carbons (Fsp3) is 0.385. The molecule has 8 heteroatoms. The van der Waals surface area contributed by atoms with E-state index < -0.39 is 15.7 Å². The van der Waals surface area contributed by atoms with Crippen molar-refractivity contribution in [3.05, 3.63) is 29.8 Å². The van der Waals surface area contributed by atoms with Crippen LogP contribution in [0.1, 0.15) is 12.5 Å². The highest BCUT2D eigenvalue weighted by atomic mass is 32.2. The van der Waals surface area contributed by atoms with Crippen LogP contribution in [-0.2, 0) is 14.6 Å². The Morgan fingerprint density at radius 3 is 2.52 bits per heavy atom. The minimum atomic E-state index is -3.47. The summed E-state index contributed by atoms with van der Waals surface area (Å²) >= 11 is 4.84. The van der Waals surface area contributed by atoms with Gasteiger partial charge in [0.15, 0.2) is 9.84 Å². The van der Waals surface area contributed by atoms with Crippen molar-refractivity contribution in [2.24, 2.45) is 11.5 Å². The third-order valence-electron chi connectivity index (χ3n) is 2.98. The number of thiocarbonyl (C=S) groups is 1. The molecule has 1 aromatic carbocycles. The summed E-state index contributed by atoms with van der Waals surface area (Å²) in [6.45, 7) is 2.66. The molecule has 0 aliphatic rings. The quantitative estimate of drug-likeness (QED) is 0.645. The van der Waals surface area contributed by atoms with Gasteiger partial charge in [0.05, 0.1) is 17.2 Å². The first-order valence-electron chi connectivity index (χ1n) is 6.39. The second kappa shape index (κ2) is 7.48. The minimum Gasteiger partial charge on any atom is -0.389 e. The Morgan fingerprint density at radius 1 is 1.33 bits per heavy atom. The number of nitrogens with zero attached hydrogens (tertiary/aromatic N) is 1. The molecule has 0 bridgehead atoms. The highest BCUT2D eigenvalue weighted by Gasteiger charge is 2.17. The largest absolute Gasteiger partial charge is 0.389 e. The first kappa shape index (κ1) is 17.5. The molecule has 0 aliphatic heterocycles. The van der Waals surface area contributed by atoms with Crippen LogP contribution in [-0.4, -0.2) is 49.6 Å². The van der Waals surface area contributed by atoms with E-state index in [1.165, 1.54) is 12.1 Å². The average molecular weight is 329 g/mol. The normalized spacial score (nSPS) is 11.5. The summed E-state index contributed by atoms with van der Waals surface area (Å²) in [5.41, 5.74) is 11.1. The van der Waals surface area contributed by atoms with Gasteiger partial charge >= 0.3 is 0 Å². The number of benzene rings is 1. The lowest BCUT2D eigenvalue weighted by Crippen LogP contribution is -2.36. The first-order valence-corrected chi connectivity index (χ1v) is 8.45. The molecule has 0 aromatic heterocycles. The van der Waals surface area contributed by atoms with Gasteiger partial charge in [-0.2, -0.15) is 0 Å². The van der Waals surface area contributed by atoms with E-state index in [0.717, 1.165) is 0 Å². The molecule has 1 aromatic rings. The molecule has 0 fully saturated rings. The zero-order valence-corrected chi connectivity index (χ0v) is 13.4. The fourth-order valence-electron chi connectivity index (χ4n) is 1.78. The lowest BCUT2D eigenvalue weighted by molar-refractivity contribution is -0.119. The van der Waals surface area contributed by atoms with Crippen molar-refractivity contribution < 1.29 is 13.2 Å². The molecule has 21 heavy (non-hydrogen) atoms. The summed E-state index contributed by atoms with van der Waals surface area (Å²) in [5, 5.41) is 0. The van der Waals surface area contributed by atoms with Crippen molar-refractivity contribution in [3.8, 4) is 0 Å². The van der Waals surface area contributed by atoms with Gasteiger partial charge in [0.2, 0.25) is 5.91 Å². The second-order valence-electron chi connectivity index (χ2n) is 4.55. The molecule has 0 spiro atoms. The maximum atomic E-state index is 12.3. The molecule has 0 aliphatic carbocycles. The molecule has 0 heterocycles. The van der Waals surface area contributed by atoms with Gasteiger partial charge in [-0.3, -0.25) is 9.69 Å². The number of primary amides is 1. The van der Waals surface area contributed by atoms with Crippen molar-refractivity contribution in [1.82, 2.24) is 4.90 Å². The minimum absolute atomic E-state index is 0.0406. The van der Waals surface area contributed by atoms with E-state index >= 15 is 0 Å². The number of hydrogen-bond acceptors (Lipinski definition) is 5. The Labute approximate surface area is 130 Å². The molecular formula is C13H19N3O3S2. The molecule has 0 saturated heterocycles. The summed E-state index contributed by atoms with van der Waals surface area (Å²) in [6.07, 6.45) is 0. The van der Waals surface area contributed by atoms with Gasteiger partial charge in [0.1, 0.15) is 4.99 Å². The van der Waals surface area contributed by atoms with Gasteiger partial charge in [-0.1, -0.05) is 31.3 Å². The van der Waals surface area contributed by atoms with Crippen LogP contribution in [0.15, 0.2) is 29.2 Å². The van der Waals surface area contributed by atoms with Crippen LogP contribution in [0.5, 0.6) is 0 Å². The van der Waals surface area contributed by atoms with Crippen LogP contribution in [0.2, 0.25) is 0 Å². The molecular weight excluding hydrogens is 310 g/mol. The Kier molecular flexibility index (Phi) is 6.25. The molecule has 4 N–H and O–H groups in total. The Morgan fingerprint density at radius 2 is 2.00 bits per heavy atom. The van der Waals surface area contributed by atoms with Gasteiger partial charge in [-0.05, 0) is 18.7 Å². The Bertz CT molecular complexity index is 629. The molecule has 0 unspecified atom stereocenters. The zero-order valence-electron chi connectivity index (χ0n) is 11.8. The highest BCUT2D eigenvalue weighted by molar-refractivity contribution is 7.91. The molecule has 0 radical (unpaired) electrons. The number of likely N-dealkylation sites (N-methyl/N-ethyl adjacent to an activating group) is 1. The predicted octanol–water partition coefficient (Wildman–Crippen LogP) is -0.0983. The monoisotopic (exact) mass is 329 g/mol. The summed E-state index contributed by atoms with van der Waals surface area (Å²) in [5.74, 6) is -0.584. The standard InChI is InChI=1S/C13H19N3O3S2/c1-2-16(9-12(14)17)6-7-21(18,19)11-5-3-4-10(8-11)13(15)20/h3-5,8H,2,6-7,9H2,1H3,(H2,14,17)(H2,15,20). The first-order chi connectivity index (χ1) is 9.76. The van der Waals surface area contributed by atoms with E-state index in [4.69, 9.17) is 23.7 Å². The number of hydrogen-bond donors (Lipinski definition) is 2. The summed E-state index contributed by atoms with van der Waals surface area (Å²) in [7, 11) is -3.47. The van der Waals surface area contributed by atoms with Crippen LogP contribution in [0.4, 0.5) is 0 Å². The van der Waals surface area contributed by atoms with Crippen molar-refractivity contribution in [3.63, 3.8) is 0 Å². The van der Waals surface area contributed by atoms with Gasteiger partial charge in [0.25, 0.3) is 0 Å². The summed E-state index contributed by atoms with van der Waals surface area (Å²) < 4.78 is 24.6. The molecule has 116 valence electrons. The van der Waals surface area contributed by atoms with Gasteiger partial charge in [-0.25, -0.2) is 8.42 Å². The van der Waals surface area contributed by atoms with E-state index in [1.54, 1.807) is 17.0 Å². The van der Waals surface area contributed by atoms with E-state index in [-0.39, 0.29) is 28.7 Å². The molecule has 0 saturated carbocycles. The van der Waals surface area contributed by atoms with Gasteiger partial charge < -0.3 is 11.5 Å². The number of sulfone groups is 1. The van der Waals surface area contributed by atoms with Crippen LogP contribution < -0.4 is 11.5 Å². The molecule has 1 rings (SSSR count). The van der Waals surface area contributed by atoms with Gasteiger partial charge in [0, 0.05) is 12.1 Å². The lowest BCUT2D eigenvalue weighted by atomic mass is 10.2. The number of carbonyl (C=O) groups excluding carboxylic acids is 1. The maximum absolute atomic E-state index is 12.3. The average Bonchev–Trinajstić information content (AvgIpc) is 2.43. The molecule has 1 amide bonds. The predicted molar refractivity (Wildman–Crippen MR) is 85.7 cm³/mol.